The van der Waals surface area contributed by atoms with E-state index in [0.29, 0.717) is 12.0 Å². The van der Waals surface area contributed by atoms with E-state index in [9.17, 15) is 9.18 Å². The topological polar surface area (TPSA) is 23.6 Å². The molecule has 1 aromatic carbocycles. The van der Waals surface area contributed by atoms with Crippen molar-refractivity contribution in [3.05, 3.63) is 35.6 Å². The van der Waals surface area contributed by atoms with E-state index in [2.05, 4.69) is 23.9 Å². The van der Waals surface area contributed by atoms with Gasteiger partial charge in [-0.2, -0.15) is 0 Å². The molecule has 0 aliphatic carbocycles. The molecule has 3 nitrogen and oxygen atoms in total. The number of halogens is 1. The Morgan fingerprint density at radius 1 is 1.29 bits per heavy atom. The minimum Gasteiger partial charge on any atom is -0.306 e. The number of Topliss-reactive ketones (excluding diaryl/α,β-unsaturated/α-hetero) is 1. The first-order valence-corrected chi connectivity index (χ1v) is 7.70. The van der Waals surface area contributed by atoms with Crippen LogP contribution in [0.4, 0.5) is 4.39 Å². The molecule has 0 radical (unpaired) electrons. The summed E-state index contributed by atoms with van der Waals surface area (Å²) in [5, 5.41) is 0. The molecule has 0 amide bonds. The zero-order chi connectivity index (χ0) is 15.2. The summed E-state index contributed by atoms with van der Waals surface area (Å²) in [6, 6.07) is 5.81. The Morgan fingerprint density at radius 3 is 2.52 bits per heavy atom. The second-order valence-electron chi connectivity index (χ2n) is 6.19. The van der Waals surface area contributed by atoms with E-state index in [1.165, 1.54) is 38.1 Å². The zero-order valence-corrected chi connectivity index (χ0v) is 13.0. The monoisotopic (exact) mass is 292 g/mol. The van der Waals surface area contributed by atoms with Gasteiger partial charge in [0.2, 0.25) is 0 Å². The van der Waals surface area contributed by atoms with Crippen LogP contribution in [0.25, 0.3) is 0 Å². The molecule has 1 fully saturated rings. The molecule has 0 atom stereocenters. The van der Waals surface area contributed by atoms with Crippen molar-refractivity contribution in [3.8, 4) is 0 Å². The highest BCUT2D eigenvalue weighted by Crippen LogP contribution is 2.17. The number of hydrogen-bond donors (Lipinski definition) is 0. The van der Waals surface area contributed by atoms with Crippen molar-refractivity contribution in [1.29, 1.82) is 0 Å². The predicted molar refractivity (Wildman–Crippen MR) is 83.1 cm³/mol. The Kier molecular flexibility index (Phi) is 5.88. The molecule has 0 bridgehead atoms. The highest BCUT2D eigenvalue weighted by molar-refractivity contribution is 5.96. The van der Waals surface area contributed by atoms with Crippen LogP contribution in [0.3, 0.4) is 0 Å². The van der Waals surface area contributed by atoms with Crippen LogP contribution in [0.15, 0.2) is 24.3 Å². The average Bonchev–Trinajstić information content (AvgIpc) is 2.48. The lowest BCUT2D eigenvalue weighted by atomic mass is 9.96. The minimum absolute atomic E-state index is 0.0882. The number of carbonyl (C=O) groups excluding carboxylic acids is 1. The van der Waals surface area contributed by atoms with Crippen LogP contribution in [0, 0.1) is 11.7 Å². The van der Waals surface area contributed by atoms with Gasteiger partial charge in [0.05, 0.1) is 0 Å². The summed E-state index contributed by atoms with van der Waals surface area (Å²) in [5.74, 6) is 0.531. The molecule has 21 heavy (non-hydrogen) atoms. The highest BCUT2D eigenvalue weighted by Gasteiger charge is 2.18. The molecule has 1 aliphatic heterocycles. The predicted octanol–water partition coefficient (Wildman–Crippen LogP) is 2.67. The smallest absolute Gasteiger partial charge is 0.164 e. The number of rotatable bonds is 6. The molecule has 2 rings (SSSR count). The third-order valence-corrected chi connectivity index (χ3v) is 4.29. The fourth-order valence-corrected chi connectivity index (χ4v) is 2.85. The molecule has 0 saturated carbocycles. The van der Waals surface area contributed by atoms with Gasteiger partial charge in [-0.3, -0.25) is 4.79 Å². The minimum atomic E-state index is -0.300. The van der Waals surface area contributed by atoms with E-state index in [4.69, 9.17) is 0 Å². The summed E-state index contributed by atoms with van der Waals surface area (Å²) < 4.78 is 12.8. The third-order valence-electron chi connectivity index (χ3n) is 4.29. The van der Waals surface area contributed by atoms with E-state index in [0.717, 1.165) is 19.0 Å². The Hall–Kier alpha value is -1.26. The number of nitrogens with zero attached hydrogens (tertiary/aromatic N) is 2. The second-order valence-corrected chi connectivity index (χ2v) is 6.19. The molecular weight excluding hydrogens is 267 g/mol. The van der Waals surface area contributed by atoms with E-state index in [1.54, 1.807) is 12.1 Å². The second kappa shape index (κ2) is 7.66. The van der Waals surface area contributed by atoms with E-state index in [-0.39, 0.29) is 11.6 Å². The van der Waals surface area contributed by atoms with Crippen LogP contribution >= 0.6 is 0 Å². The largest absolute Gasteiger partial charge is 0.306 e. The maximum atomic E-state index is 12.8. The summed E-state index contributed by atoms with van der Waals surface area (Å²) in [7, 11) is 4.25. The molecule has 4 heteroatoms. The normalized spacial score (nSPS) is 17.3. The number of benzene rings is 1. The first-order chi connectivity index (χ1) is 10.0. The van der Waals surface area contributed by atoms with Gasteiger partial charge in [-0.1, -0.05) is 0 Å². The lowest BCUT2D eigenvalue weighted by Gasteiger charge is -2.31. The van der Waals surface area contributed by atoms with E-state index in [1.807, 2.05) is 0 Å². The molecule has 0 N–H and O–H groups in total. The van der Waals surface area contributed by atoms with Crippen LogP contribution in [0.5, 0.6) is 0 Å². The summed E-state index contributed by atoms with van der Waals surface area (Å²) in [4.78, 5) is 16.7. The van der Waals surface area contributed by atoms with E-state index < -0.39 is 0 Å². The molecule has 0 unspecified atom stereocenters. The number of ketones is 1. The van der Waals surface area contributed by atoms with Gasteiger partial charge < -0.3 is 9.80 Å². The molecule has 116 valence electrons. The SMILES string of the molecule is CN1CCC(CN(C)CCC(=O)c2ccc(F)cc2)CC1. The first-order valence-electron chi connectivity index (χ1n) is 7.70. The quantitative estimate of drug-likeness (QED) is 0.753. The van der Waals surface area contributed by atoms with Gasteiger partial charge in [0.15, 0.2) is 5.78 Å². The van der Waals surface area contributed by atoms with Crippen LogP contribution in [-0.4, -0.2) is 55.9 Å². The van der Waals surface area contributed by atoms with Crippen LogP contribution in [0.2, 0.25) is 0 Å². The van der Waals surface area contributed by atoms with Crippen LogP contribution in [-0.2, 0) is 0 Å². The van der Waals surface area contributed by atoms with Crippen molar-refractivity contribution in [1.82, 2.24) is 9.80 Å². The Morgan fingerprint density at radius 2 is 1.90 bits per heavy atom. The lowest BCUT2D eigenvalue weighted by molar-refractivity contribution is 0.0961. The Labute approximate surface area is 126 Å². The van der Waals surface area contributed by atoms with Crippen LogP contribution in [0.1, 0.15) is 29.6 Å². The summed E-state index contributed by atoms with van der Waals surface area (Å²) in [6.45, 7) is 4.17. The van der Waals surface area contributed by atoms with Gasteiger partial charge in [0, 0.05) is 25.1 Å². The lowest BCUT2D eigenvalue weighted by Crippen LogP contribution is -2.36. The average molecular weight is 292 g/mol. The van der Waals surface area contributed by atoms with Crippen molar-refractivity contribution in [3.63, 3.8) is 0 Å². The Bertz CT molecular complexity index is 452. The van der Waals surface area contributed by atoms with E-state index >= 15 is 0 Å². The number of carbonyl (C=O) groups is 1. The maximum absolute atomic E-state index is 12.8. The fourth-order valence-electron chi connectivity index (χ4n) is 2.85. The first kappa shape index (κ1) is 16.1. The van der Waals surface area contributed by atoms with Gasteiger partial charge in [-0.25, -0.2) is 4.39 Å². The molecule has 0 aromatic heterocycles. The van der Waals surface area contributed by atoms with Crippen molar-refractivity contribution in [2.24, 2.45) is 5.92 Å². The van der Waals surface area contributed by atoms with Crippen LogP contribution < -0.4 is 0 Å². The highest BCUT2D eigenvalue weighted by atomic mass is 19.1. The van der Waals surface area contributed by atoms with Crippen molar-refractivity contribution in [2.45, 2.75) is 19.3 Å². The van der Waals surface area contributed by atoms with Gasteiger partial charge in [0.1, 0.15) is 5.82 Å². The molecular formula is C17H25FN2O. The van der Waals surface area contributed by atoms with Crippen molar-refractivity contribution in [2.75, 3.05) is 40.3 Å². The molecule has 1 aliphatic rings. The summed E-state index contributed by atoms with van der Waals surface area (Å²) in [5.41, 5.74) is 0.601. The van der Waals surface area contributed by atoms with Crippen molar-refractivity contribution >= 4 is 5.78 Å². The Balaban J connectivity index is 1.72. The van der Waals surface area contributed by atoms with Crippen molar-refractivity contribution < 1.29 is 9.18 Å². The molecule has 1 aromatic rings. The zero-order valence-electron chi connectivity index (χ0n) is 13.0. The summed E-state index contributed by atoms with van der Waals surface area (Å²) in [6.07, 6.45) is 2.98. The van der Waals surface area contributed by atoms with Gasteiger partial charge in [0.25, 0.3) is 0 Å². The molecule has 1 heterocycles. The summed E-state index contributed by atoms with van der Waals surface area (Å²) >= 11 is 0. The van der Waals surface area contributed by atoms with Gasteiger partial charge in [-0.15, -0.1) is 0 Å². The van der Waals surface area contributed by atoms with Gasteiger partial charge >= 0.3 is 0 Å². The fraction of sp³-hybridized carbons (Fsp3) is 0.588. The number of piperidine rings is 1. The van der Waals surface area contributed by atoms with Gasteiger partial charge in [-0.05, 0) is 70.2 Å². The standard InChI is InChI=1S/C17H25FN2O/c1-19-10-7-14(8-11-19)13-20(2)12-9-17(21)15-3-5-16(18)6-4-15/h3-6,14H,7-13H2,1-2H3. The molecule has 0 spiro atoms. The number of likely N-dealkylation sites (tertiary alicyclic amines) is 1. The third kappa shape index (κ3) is 5.21. The number of hydrogen-bond acceptors (Lipinski definition) is 3. The maximum Gasteiger partial charge on any atom is 0.164 e. The molecule has 1 saturated heterocycles.